The first-order valence-electron chi connectivity index (χ1n) is 13.5. The molecule has 3 aromatic rings. The maximum atomic E-state index is 13.5. The van der Waals surface area contributed by atoms with Crippen LogP contribution in [-0.4, -0.2) is 45.9 Å². The molecule has 2 fully saturated rings. The number of rotatable bonds is 7. The van der Waals surface area contributed by atoms with E-state index in [2.05, 4.69) is 15.9 Å². The quantitative estimate of drug-likeness (QED) is 0.274. The Morgan fingerprint density at radius 3 is 2.32 bits per heavy atom. The third kappa shape index (κ3) is 5.78. The second-order valence-electron chi connectivity index (χ2n) is 10.0. The van der Waals surface area contributed by atoms with Gasteiger partial charge in [-0.15, -0.1) is 0 Å². The van der Waals surface area contributed by atoms with E-state index in [-0.39, 0.29) is 22.8 Å². The van der Waals surface area contributed by atoms with Crippen LogP contribution in [0.1, 0.15) is 35.6 Å². The van der Waals surface area contributed by atoms with E-state index in [4.69, 9.17) is 12.2 Å². The van der Waals surface area contributed by atoms with Crippen molar-refractivity contribution in [1.29, 1.82) is 5.26 Å². The van der Waals surface area contributed by atoms with Gasteiger partial charge in [-0.25, -0.2) is 4.39 Å². The molecule has 210 valence electrons. The summed E-state index contributed by atoms with van der Waals surface area (Å²) in [6, 6.07) is 18.2. The summed E-state index contributed by atoms with van der Waals surface area (Å²) in [5, 5.41) is 9.93. The predicted molar refractivity (Wildman–Crippen MR) is 166 cm³/mol. The highest BCUT2D eigenvalue weighted by molar-refractivity contribution is 8.26. The lowest BCUT2D eigenvalue weighted by atomic mass is 10.0. The molecule has 2 aliphatic heterocycles. The van der Waals surface area contributed by atoms with E-state index in [1.54, 1.807) is 34.6 Å². The van der Waals surface area contributed by atoms with Crippen molar-refractivity contribution < 1.29 is 9.18 Å². The zero-order valence-electron chi connectivity index (χ0n) is 23.0. The van der Waals surface area contributed by atoms with Crippen molar-refractivity contribution in [2.45, 2.75) is 33.4 Å². The molecule has 0 saturated carbocycles. The van der Waals surface area contributed by atoms with Gasteiger partial charge in [0.2, 0.25) is 0 Å². The molecule has 10 heteroatoms. The highest BCUT2D eigenvalue weighted by Gasteiger charge is 2.33. The number of carbonyl (C=O) groups excluding carboxylic acids is 1. The lowest BCUT2D eigenvalue weighted by Gasteiger charge is -2.39. The number of nitriles is 1. The van der Waals surface area contributed by atoms with Crippen LogP contribution in [0.3, 0.4) is 0 Å². The molecule has 41 heavy (non-hydrogen) atoms. The Labute approximate surface area is 248 Å². The van der Waals surface area contributed by atoms with Gasteiger partial charge in [0.1, 0.15) is 27.6 Å². The minimum Gasteiger partial charge on any atom is -0.368 e. The fourth-order valence-electron chi connectivity index (χ4n) is 5.28. The van der Waals surface area contributed by atoms with Crippen LogP contribution >= 0.6 is 24.0 Å². The third-order valence-electron chi connectivity index (χ3n) is 7.40. The average molecular weight is 588 g/mol. The van der Waals surface area contributed by atoms with Gasteiger partial charge in [-0.2, -0.15) is 5.26 Å². The van der Waals surface area contributed by atoms with E-state index in [1.165, 1.54) is 23.9 Å². The molecule has 2 aliphatic rings. The van der Waals surface area contributed by atoms with Gasteiger partial charge in [-0.05, 0) is 54.8 Å². The number of aromatic nitrogens is 1. The Balaban J connectivity index is 1.53. The number of benzene rings is 2. The van der Waals surface area contributed by atoms with Gasteiger partial charge in [0.05, 0.1) is 11.4 Å². The normalized spacial score (nSPS) is 16.5. The molecular formula is C31H30FN5O2S2. The number of halogens is 1. The number of hydrogen-bond acceptors (Lipinski definition) is 7. The number of thioether (sulfide) groups is 1. The fraction of sp³-hybridized carbons (Fsp3) is 0.290. The highest BCUT2D eigenvalue weighted by atomic mass is 32.2. The number of amides is 1. The van der Waals surface area contributed by atoms with Crippen LogP contribution in [0, 0.1) is 24.1 Å². The Bertz CT molecular complexity index is 1600. The Kier molecular flexibility index (Phi) is 8.57. The minimum atomic E-state index is -0.323. The summed E-state index contributed by atoms with van der Waals surface area (Å²) in [7, 11) is 0. The van der Waals surface area contributed by atoms with E-state index < -0.39 is 0 Å². The molecule has 0 spiro atoms. The smallest absolute Gasteiger partial charge is 0.270 e. The molecule has 2 saturated heterocycles. The van der Waals surface area contributed by atoms with Crippen LogP contribution in [0.4, 0.5) is 15.9 Å². The molecule has 5 rings (SSSR count). The number of hydrogen-bond donors (Lipinski definition) is 0. The first-order valence-corrected chi connectivity index (χ1v) is 14.8. The van der Waals surface area contributed by atoms with Gasteiger partial charge < -0.3 is 9.80 Å². The number of anilines is 2. The zero-order valence-corrected chi connectivity index (χ0v) is 24.6. The van der Waals surface area contributed by atoms with Crippen LogP contribution in [-0.2, 0) is 17.9 Å². The van der Waals surface area contributed by atoms with E-state index in [0.29, 0.717) is 71.9 Å². The van der Waals surface area contributed by atoms with E-state index in [1.807, 2.05) is 37.3 Å². The largest absolute Gasteiger partial charge is 0.368 e. The van der Waals surface area contributed by atoms with Crippen molar-refractivity contribution in [3.05, 3.63) is 97.9 Å². The lowest BCUT2D eigenvalue weighted by molar-refractivity contribution is -0.122. The second kappa shape index (κ2) is 12.3. The van der Waals surface area contributed by atoms with E-state index >= 15 is 0 Å². The Hall–Kier alpha value is -3.94. The molecule has 7 nitrogen and oxygen atoms in total. The Morgan fingerprint density at radius 2 is 1.68 bits per heavy atom. The number of thiocarbonyl (C=S) groups is 1. The molecule has 1 amide bonds. The molecule has 0 N–H and O–H groups in total. The third-order valence-corrected chi connectivity index (χ3v) is 8.77. The average Bonchev–Trinajstić information content (AvgIpc) is 3.24. The number of nitrogens with zero attached hydrogens (tertiary/aromatic N) is 5. The van der Waals surface area contributed by atoms with E-state index in [0.717, 1.165) is 11.3 Å². The van der Waals surface area contributed by atoms with Gasteiger partial charge in [-0.1, -0.05) is 61.2 Å². The molecule has 3 heterocycles. The van der Waals surface area contributed by atoms with Gasteiger partial charge >= 0.3 is 0 Å². The van der Waals surface area contributed by atoms with E-state index in [9.17, 15) is 19.2 Å². The summed E-state index contributed by atoms with van der Waals surface area (Å²) in [6.07, 6.45) is 2.50. The van der Waals surface area contributed by atoms with Crippen molar-refractivity contribution in [2.24, 2.45) is 0 Å². The summed E-state index contributed by atoms with van der Waals surface area (Å²) in [5.74, 6) is 0.241. The number of pyridine rings is 1. The topological polar surface area (TPSA) is 72.6 Å². The molecular weight excluding hydrogens is 558 g/mol. The highest BCUT2D eigenvalue weighted by Crippen LogP contribution is 2.37. The molecule has 0 radical (unpaired) electrons. The summed E-state index contributed by atoms with van der Waals surface area (Å²) in [6.45, 7) is 7.14. The maximum Gasteiger partial charge on any atom is 0.270 e. The van der Waals surface area contributed by atoms with Gasteiger partial charge in [-0.3, -0.25) is 19.1 Å². The van der Waals surface area contributed by atoms with Crippen molar-refractivity contribution in [2.75, 3.05) is 36.0 Å². The minimum absolute atomic E-state index is 0.0816. The van der Waals surface area contributed by atoms with Crippen molar-refractivity contribution >= 4 is 51.8 Å². The summed E-state index contributed by atoms with van der Waals surface area (Å²) in [5.41, 5.74) is 2.91. The van der Waals surface area contributed by atoms with Gasteiger partial charge in [0.25, 0.3) is 11.5 Å². The van der Waals surface area contributed by atoms with Crippen molar-refractivity contribution in [3.63, 3.8) is 0 Å². The molecule has 1 aromatic heterocycles. The molecule has 0 unspecified atom stereocenters. The van der Waals surface area contributed by atoms with Crippen molar-refractivity contribution in [3.8, 4) is 6.07 Å². The number of carbonyl (C=O) groups is 1. The lowest BCUT2D eigenvalue weighted by Crippen LogP contribution is -2.48. The van der Waals surface area contributed by atoms with Gasteiger partial charge in [0.15, 0.2) is 0 Å². The Morgan fingerprint density at radius 1 is 1.02 bits per heavy atom. The van der Waals surface area contributed by atoms with Crippen LogP contribution < -0.4 is 15.4 Å². The standard InChI is InChI=1S/C31H30FN5O2S2/c1-3-13-36-28(35-16-14-34(15-17-35)24-11-9-23(32)10-12-24)25(21(2)26(19-33)29(36)38)18-27-30(39)37(31(40)41-27)20-22-7-5-4-6-8-22/h4-12,18H,3,13-17,20H2,1-2H3/b27-18+. The second-order valence-corrected chi connectivity index (χ2v) is 11.7. The number of piperazine rings is 1. The zero-order chi connectivity index (χ0) is 29.1. The summed E-state index contributed by atoms with van der Waals surface area (Å²) < 4.78 is 15.6. The van der Waals surface area contributed by atoms with Crippen LogP contribution in [0.5, 0.6) is 0 Å². The summed E-state index contributed by atoms with van der Waals surface area (Å²) in [4.78, 5) is 33.4. The maximum absolute atomic E-state index is 13.5. The first-order chi connectivity index (χ1) is 19.8. The van der Waals surface area contributed by atoms with Gasteiger partial charge in [0, 0.05) is 44.0 Å². The van der Waals surface area contributed by atoms with Crippen LogP contribution in [0.25, 0.3) is 6.08 Å². The molecule has 0 aliphatic carbocycles. The molecule has 0 atom stereocenters. The fourth-order valence-corrected chi connectivity index (χ4v) is 6.51. The monoisotopic (exact) mass is 587 g/mol. The SMILES string of the molecule is CCCn1c(N2CCN(c3ccc(F)cc3)CC2)c(/C=C2/SC(=S)N(Cc3ccccc3)C2=O)c(C)c(C#N)c1=O. The summed E-state index contributed by atoms with van der Waals surface area (Å²) >= 11 is 6.82. The molecule has 0 bridgehead atoms. The predicted octanol–water partition coefficient (Wildman–Crippen LogP) is 5.31. The first kappa shape index (κ1) is 28.6. The van der Waals surface area contributed by atoms with Crippen LogP contribution in [0.15, 0.2) is 64.3 Å². The van der Waals surface area contributed by atoms with Crippen molar-refractivity contribution in [1.82, 2.24) is 9.47 Å². The molecule has 2 aromatic carbocycles. The van der Waals surface area contributed by atoms with Crippen LogP contribution in [0.2, 0.25) is 0 Å².